The van der Waals surface area contributed by atoms with Crippen molar-refractivity contribution in [3.05, 3.63) is 30.9 Å². The second-order valence-electron chi connectivity index (χ2n) is 2.33. The minimum Gasteiger partial charge on any atom is -0.397 e. The summed E-state index contributed by atoms with van der Waals surface area (Å²) >= 11 is 0. The standard InChI is InChI=1S/C8H7N3/c9-8-5-11-4-6-3-10-2-1-7(6)8/h1-5H,9H2. The van der Waals surface area contributed by atoms with Crippen LogP contribution in [0.2, 0.25) is 0 Å². The predicted octanol–water partition coefficient (Wildman–Crippen LogP) is 1.21. The molecule has 3 nitrogen and oxygen atoms in total. The van der Waals surface area contributed by atoms with Gasteiger partial charge in [-0.05, 0) is 6.07 Å². The van der Waals surface area contributed by atoms with Crippen molar-refractivity contribution in [2.24, 2.45) is 0 Å². The summed E-state index contributed by atoms with van der Waals surface area (Å²) in [5.74, 6) is 0. The van der Waals surface area contributed by atoms with Gasteiger partial charge in [0.2, 0.25) is 0 Å². The van der Waals surface area contributed by atoms with Crippen LogP contribution in [-0.2, 0) is 0 Å². The van der Waals surface area contributed by atoms with Crippen LogP contribution in [0.15, 0.2) is 30.9 Å². The third-order valence-corrected chi connectivity index (χ3v) is 1.59. The Labute approximate surface area is 63.9 Å². The smallest absolute Gasteiger partial charge is 0.0581 e. The van der Waals surface area contributed by atoms with Gasteiger partial charge in [-0.1, -0.05) is 0 Å². The first-order valence-corrected chi connectivity index (χ1v) is 3.31. The van der Waals surface area contributed by atoms with Crippen molar-refractivity contribution < 1.29 is 0 Å². The molecule has 2 aromatic heterocycles. The van der Waals surface area contributed by atoms with Crippen molar-refractivity contribution in [3.63, 3.8) is 0 Å². The number of hydrogen-bond donors (Lipinski definition) is 1. The van der Waals surface area contributed by atoms with E-state index < -0.39 is 0 Å². The van der Waals surface area contributed by atoms with E-state index in [0.717, 1.165) is 10.8 Å². The number of fused-ring (bicyclic) bond motifs is 1. The van der Waals surface area contributed by atoms with Gasteiger partial charge in [0.25, 0.3) is 0 Å². The molecule has 0 atom stereocenters. The highest BCUT2D eigenvalue weighted by atomic mass is 14.7. The monoisotopic (exact) mass is 145 g/mol. The Hall–Kier alpha value is -1.64. The lowest BCUT2D eigenvalue weighted by Gasteiger charge is -1.97. The number of nitrogens with two attached hydrogens (primary N) is 1. The first-order chi connectivity index (χ1) is 5.38. The number of hydrogen-bond acceptors (Lipinski definition) is 3. The minimum atomic E-state index is 0.699. The summed E-state index contributed by atoms with van der Waals surface area (Å²) in [5, 5.41) is 1.99. The molecule has 2 aromatic rings. The van der Waals surface area contributed by atoms with Crippen LogP contribution >= 0.6 is 0 Å². The summed E-state index contributed by atoms with van der Waals surface area (Å²) in [6, 6.07) is 1.88. The molecule has 0 saturated heterocycles. The Bertz CT molecular complexity index is 378. The molecule has 0 aliphatic heterocycles. The molecule has 54 valence electrons. The van der Waals surface area contributed by atoms with Gasteiger partial charge in [0, 0.05) is 29.4 Å². The number of anilines is 1. The quantitative estimate of drug-likeness (QED) is 0.606. The summed E-state index contributed by atoms with van der Waals surface area (Å²) in [6.45, 7) is 0. The van der Waals surface area contributed by atoms with Crippen LogP contribution in [0.5, 0.6) is 0 Å². The summed E-state index contributed by atoms with van der Waals surface area (Å²) in [6.07, 6.45) is 6.86. The molecule has 0 aromatic carbocycles. The highest BCUT2D eigenvalue weighted by molar-refractivity contribution is 5.90. The predicted molar refractivity (Wildman–Crippen MR) is 44.0 cm³/mol. The minimum absolute atomic E-state index is 0.699. The van der Waals surface area contributed by atoms with Gasteiger partial charge in [-0.25, -0.2) is 0 Å². The van der Waals surface area contributed by atoms with Gasteiger partial charge in [0.15, 0.2) is 0 Å². The average molecular weight is 145 g/mol. The third kappa shape index (κ3) is 0.902. The maximum Gasteiger partial charge on any atom is 0.0581 e. The molecule has 2 N–H and O–H groups in total. The van der Waals surface area contributed by atoms with Gasteiger partial charge in [-0.2, -0.15) is 0 Å². The molecule has 0 aliphatic rings. The number of rotatable bonds is 0. The van der Waals surface area contributed by atoms with Gasteiger partial charge in [-0.3, -0.25) is 9.97 Å². The second kappa shape index (κ2) is 2.20. The Morgan fingerprint density at radius 2 is 1.91 bits per heavy atom. The lowest BCUT2D eigenvalue weighted by Crippen LogP contribution is -1.88. The summed E-state index contributed by atoms with van der Waals surface area (Å²) < 4.78 is 0. The molecule has 2 rings (SSSR count). The van der Waals surface area contributed by atoms with E-state index in [2.05, 4.69) is 9.97 Å². The Kier molecular flexibility index (Phi) is 1.22. The van der Waals surface area contributed by atoms with E-state index in [1.165, 1.54) is 0 Å². The molecule has 0 spiro atoms. The summed E-state index contributed by atoms with van der Waals surface area (Å²) in [7, 11) is 0. The number of nitrogen functional groups attached to an aromatic ring is 1. The van der Waals surface area contributed by atoms with E-state index in [1.54, 1.807) is 24.8 Å². The Balaban J connectivity index is 2.91. The maximum absolute atomic E-state index is 5.67. The van der Waals surface area contributed by atoms with Crippen LogP contribution in [-0.4, -0.2) is 9.97 Å². The summed E-state index contributed by atoms with van der Waals surface area (Å²) in [4.78, 5) is 7.91. The highest BCUT2D eigenvalue weighted by Crippen LogP contribution is 2.16. The van der Waals surface area contributed by atoms with Crippen molar-refractivity contribution in [3.8, 4) is 0 Å². The first kappa shape index (κ1) is 6.09. The normalized spacial score (nSPS) is 10.2. The van der Waals surface area contributed by atoms with Gasteiger partial charge in [-0.15, -0.1) is 0 Å². The van der Waals surface area contributed by atoms with E-state index in [9.17, 15) is 0 Å². The molecule has 3 heteroatoms. The topological polar surface area (TPSA) is 51.8 Å². The van der Waals surface area contributed by atoms with E-state index in [-0.39, 0.29) is 0 Å². The van der Waals surface area contributed by atoms with Crippen molar-refractivity contribution in [2.45, 2.75) is 0 Å². The second-order valence-corrected chi connectivity index (χ2v) is 2.33. The molecule has 0 fully saturated rings. The highest BCUT2D eigenvalue weighted by Gasteiger charge is 1.94. The van der Waals surface area contributed by atoms with Crippen molar-refractivity contribution >= 4 is 16.5 Å². The van der Waals surface area contributed by atoms with Crippen LogP contribution in [0, 0.1) is 0 Å². The van der Waals surface area contributed by atoms with Gasteiger partial charge >= 0.3 is 0 Å². The van der Waals surface area contributed by atoms with Crippen LogP contribution in [0.25, 0.3) is 10.8 Å². The largest absolute Gasteiger partial charge is 0.397 e. The fourth-order valence-corrected chi connectivity index (χ4v) is 1.04. The van der Waals surface area contributed by atoms with E-state index in [4.69, 9.17) is 5.73 Å². The van der Waals surface area contributed by atoms with Crippen LogP contribution in [0.4, 0.5) is 5.69 Å². The number of pyridine rings is 2. The average Bonchev–Trinajstić information content (AvgIpc) is 2.06. The van der Waals surface area contributed by atoms with E-state index in [1.807, 2.05) is 6.07 Å². The third-order valence-electron chi connectivity index (χ3n) is 1.59. The fraction of sp³-hybridized carbons (Fsp3) is 0. The molecule has 0 radical (unpaired) electrons. The lowest BCUT2D eigenvalue weighted by atomic mass is 10.2. The zero-order valence-corrected chi connectivity index (χ0v) is 5.86. The summed E-state index contributed by atoms with van der Waals surface area (Å²) in [5.41, 5.74) is 6.36. The molecule has 2 heterocycles. The fourth-order valence-electron chi connectivity index (χ4n) is 1.04. The van der Waals surface area contributed by atoms with E-state index in [0.29, 0.717) is 5.69 Å². The zero-order valence-electron chi connectivity index (χ0n) is 5.86. The van der Waals surface area contributed by atoms with Crippen LogP contribution in [0.3, 0.4) is 0 Å². The van der Waals surface area contributed by atoms with Crippen molar-refractivity contribution in [1.82, 2.24) is 9.97 Å². The molecule has 0 unspecified atom stereocenters. The maximum atomic E-state index is 5.67. The van der Waals surface area contributed by atoms with Gasteiger partial charge in [0.1, 0.15) is 0 Å². The van der Waals surface area contributed by atoms with E-state index >= 15 is 0 Å². The molecule has 11 heavy (non-hydrogen) atoms. The molecule has 0 aliphatic carbocycles. The lowest BCUT2D eigenvalue weighted by molar-refractivity contribution is 1.32. The molecular weight excluding hydrogens is 138 g/mol. The van der Waals surface area contributed by atoms with Crippen molar-refractivity contribution in [2.75, 3.05) is 5.73 Å². The first-order valence-electron chi connectivity index (χ1n) is 3.31. The molecular formula is C8H7N3. The SMILES string of the molecule is Nc1cncc2cnccc12. The van der Waals surface area contributed by atoms with Gasteiger partial charge in [0.05, 0.1) is 11.9 Å². The van der Waals surface area contributed by atoms with Crippen molar-refractivity contribution in [1.29, 1.82) is 0 Å². The molecule has 0 bridgehead atoms. The molecule has 0 saturated carbocycles. The van der Waals surface area contributed by atoms with Crippen LogP contribution in [0.1, 0.15) is 0 Å². The zero-order chi connectivity index (χ0) is 7.68. The van der Waals surface area contributed by atoms with Crippen LogP contribution < -0.4 is 5.73 Å². The molecule has 0 amide bonds. The number of nitrogens with zero attached hydrogens (tertiary/aromatic N) is 2. The Morgan fingerprint density at radius 3 is 2.73 bits per heavy atom. The Morgan fingerprint density at radius 1 is 1.09 bits per heavy atom. The number of aromatic nitrogens is 2. The van der Waals surface area contributed by atoms with Gasteiger partial charge < -0.3 is 5.73 Å².